The molecule has 0 bridgehead atoms. The van der Waals surface area contributed by atoms with Gasteiger partial charge in [-0.3, -0.25) is 9.59 Å². The molecule has 0 aromatic heterocycles. The van der Waals surface area contributed by atoms with Crippen molar-refractivity contribution >= 4 is 11.8 Å². The van der Waals surface area contributed by atoms with E-state index >= 15 is 0 Å². The van der Waals surface area contributed by atoms with Crippen LogP contribution in [-0.4, -0.2) is 24.9 Å². The van der Waals surface area contributed by atoms with Gasteiger partial charge in [0.15, 0.2) is 0 Å². The van der Waals surface area contributed by atoms with Crippen LogP contribution in [-0.2, 0) is 15.1 Å². The van der Waals surface area contributed by atoms with Gasteiger partial charge < -0.3 is 16.4 Å². The number of benzene rings is 1. The smallest absolute Gasteiger partial charge is 0.245 e. The van der Waals surface area contributed by atoms with Gasteiger partial charge in [0.05, 0.1) is 0 Å². The van der Waals surface area contributed by atoms with Crippen molar-refractivity contribution in [1.29, 1.82) is 0 Å². The predicted octanol–water partition coefficient (Wildman–Crippen LogP) is 0.111. The Labute approximate surface area is 107 Å². The molecule has 0 saturated heterocycles. The summed E-state index contributed by atoms with van der Waals surface area (Å²) in [5.41, 5.74) is 5.57. The van der Waals surface area contributed by atoms with Crippen LogP contribution in [0, 0.1) is 0 Å². The molecule has 1 aromatic carbocycles. The fourth-order valence-electron chi connectivity index (χ4n) is 1.54. The van der Waals surface area contributed by atoms with Crippen LogP contribution in [0.1, 0.15) is 19.4 Å². The molecule has 4 N–H and O–H groups in total. The summed E-state index contributed by atoms with van der Waals surface area (Å²) in [7, 11) is 1.52. The first-order valence-electron chi connectivity index (χ1n) is 5.76. The third kappa shape index (κ3) is 3.07. The molecule has 2 amide bonds. The summed E-state index contributed by atoms with van der Waals surface area (Å²) >= 11 is 0. The van der Waals surface area contributed by atoms with Crippen molar-refractivity contribution in [3.05, 3.63) is 35.9 Å². The number of carbonyl (C=O) groups is 2. The molecule has 2 unspecified atom stereocenters. The Morgan fingerprint density at radius 2 is 1.83 bits per heavy atom. The van der Waals surface area contributed by atoms with Crippen LogP contribution >= 0.6 is 0 Å². The summed E-state index contributed by atoms with van der Waals surface area (Å²) in [6.07, 6.45) is 0. The molecule has 0 saturated carbocycles. The highest BCUT2D eigenvalue weighted by molar-refractivity contribution is 5.92. The van der Waals surface area contributed by atoms with Gasteiger partial charge in [-0.2, -0.15) is 0 Å². The first kappa shape index (κ1) is 14.2. The summed E-state index contributed by atoms with van der Waals surface area (Å²) < 4.78 is 0. The lowest BCUT2D eigenvalue weighted by molar-refractivity contribution is -0.131. The lowest BCUT2D eigenvalue weighted by Crippen LogP contribution is -2.54. The van der Waals surface area contributed by atoms with E-state index in [4.69, 9.17) is 5.73 Å². The molecule has 0 heterocycles. The number of carbonyl (C=O) groups excluding carboxylic acids is 2. The van der Waals surface area contributed by atoms with Gasteiger partial charge in [-0.15, -0.1) is 0 Å². The molecule has 0 aliphatic rings. The lowest BCUT2D eigenvalue weighted by Gasteiger charge is -2.25. The molecule has 1 rings (SSSR count). The largest absolute Gasteiger partial charge is 0.357 e. The van der Waals surface area contributed by atoms with Crippen LogP contribution in [0.5, 0.6) is 0 Å². The van der Waals surface area contributed by atoms with Gasteiger partial charge in [0, 0.05) is 7.05 Å². The zero-order chi connectivity index (χ0) is 13.8. The van der Waals surface area contributed by atoms with Gasteiger partial charge in [-0.25, -0.2) is 0 Å². The number of hydrogen-bond acceptors (Lipinski definition) is 3. The van der Waals surface area contributed by atoms with E-state index < -0.39 is 11.6 Å². The van der Waals surface area contributed by atoms with Crippen LogP contribution in [0.4, 0.5) is 0 Å². The molecule has 2 atom stereocenters. The standard InChI is InChI=1S/C13H19N3O2/c1-9(11(17)15-3)16-12(18)13(2,14)10-7-5-4-6-8-10/h4-9H,14H2,1-3H3,(H,15,17)(H,16,18). The number of hydrogen-bond donors (Lipinski definition) is 3. The van der Waals surface area contributed by atoms with Gasteiger partial charge in [0.2, 0.25) is 11.8 Å². The Morgan fingerprint density at radius 3 is 2.33 bits per heavy atom. The minimum atomic E-state index is -1.16. The maximum atomic E-state index is 12.1. The van der Waals surface area contributed by atoms with Crippen molar-refractivity contribution in [3.63, 3.8) is 0 Å². The Balaban J connectivity index is 2.80. The van der Waals surface area contributed by atoms with E-state index in [9.17, 15) is 9.59 Å². The van der Waals surface area contributed by atoms with Crippen molar-refractivity contribution in [3.8, 4) is 0 Å². The van der Waals surface area contributed by atoms with Crippen molar-refractivity contribution in [2.75, 3.05) is 7.05 Å². The van der Waals surface area contributed by atoms with Crippen molar-refractivity contribution < 1.29 is 9.59 Å². The molecule has 0 fully saturated rings. The van der Waals surface area contributed by atoms with Crippen LogP contribution in [0.15, 0.2) is 30.3 Å². The molecular weight excluding hydrogens is 230 g/mol. The van der Waals surface area contributed by atoms with E-state index in [0.29, 0.717) is 5.56 Å². The van der Waals surface area contributed by atoms with Crippen LogP contribution in [0.25, 0.3) is 0 Å². The fourth-order valence-corrected chi connectivity index (χ4v) is 1.54. The predicted molar refractivity (Wildman–Crippen MR) is 69.7 cm³/mol. The molecule has 0 aliphatic heterocycles. The highest BCUT2D eigenvalue weighted by Gasteiger charge is 2.32. The minimum absolute atomic E-state index is 0.257. The lowest BCUT2D eigenvalue weighted by atomic mass is 9.92. The van der Waals surface area contributed by atoms with Crippen LogP contribution < -0.4 is 16.4 Å². The second-order valence-corrected chi connectivity index (χ2v) is 4.38. The van der Waals surface area contributed by atoms with Gasteiger partial charge in [-0.05, 0) is 19.4 Å². The number of rotatable bonds is 4. The van der Waals surface area contributed by atoms with Crippen molar-refractivity contribution in [2.45, 2.75) is 25.4 Å². The van der Waals surface area contributed by atoms with E-state index in [-0.39, 0.29) is 11.8 Å². The Bertz CT molecular complexity index is 429. The number of amides is 2. The maximum Gasteiger partial charge on any atom is 0.245 e. The Hall–Kier alpha value is -1.88. The third-order valence-electron chi connectivity index (χ3n) is 2.83. The van der Waals surface area contributed by atoms with E-state index in [1.165, 1.54) is 7.05 Å². The molecule has 5 heteroatoms. The summed E-state index contributed by atoms with van der Waals surface area (Å²) in [5.74, 6) is -0.642. The zero-order valence-corrected chi connectivity index (χ0v) is 10.9. The molecule has 0 spiro atoms. The average molecular weight is 249 g/mol. The van der Waals surface area contributed by atoms with E-state index in [1.54, 1.807) is 26.0 Å². The normalized spacial score (nSPS) is 15.3. The van der Waals surface area contributed by atoms with Crippen LogP contribution in [0.3, 0.4) is 0 Å². The fraction of sp³-hybridized carbons (Fsp3) is 0.385. The highest BCUT2D eigenvalue weighted by atomic mass is 16.2. The summed E-state index contributed by atoms with van der Waals surface area (Å²) in [6, 6.07) is 8.43. The molecule has 98 valence electrons. The topological polar surface area (TPSA) is 84.2 Å². The molecular formula is C13H19N3O2. The third-order valence-corrected chi connectivity index (χ3v) is 2.83. The molecule has 0 radical (unpaired) electrons. The maximum absolute atomic E-state index is 12.1. The second kappa shape index (κ2) is 5.64. The Morgan fingerprint density at radius 1 is 1.28 bits per heavy atom. The number of nitrogens with two attached hydrogens (primary N) is 1. The molecule has 5 nitrogen and oxygen atoms in total. The minimum Gasteiger partial charge on any atom is -0.357 e. The zero-order valence-electron chi connectivity index (χ0n) is 10.9. The van der Waals surface area contributed by atoms with Gasteiger partial charge in [0.25, 0.3) is 0 Å². The summed E-state index contributed by atoms with van der Waals surface area (Å²) in [4.78, 5) is 23.4. The van der Waals surface area contributed by atoms with Crippen molar-refractivity contribution in [2.24, 2.45) is 5.73 Å². The SMILES string of the molecule is CNC(=O)C(C)NC(=O)C(C)(N)c1ccccc1. The van der Waals surface area contributed by atoms with E-state index in [0.717, 1.165) is 0 Å². The average Bonchev–Trinajstić information content (AvgIpc) is 2.38. The number of likely N-dealkylation sites (N-methyl/N-ethyl adjacent to an activating group) is 1. The Kier molecular flexibility index (Phi) is 4.44. The highest BCUT2D eigenvalue weighted by Crippen LogP contribution is 2.17. The summed E-state index contributed by atoms with van der Waals surface area (Å²) in [5, 5.41) is 5.06. The first-order chi connectivity index (χ1) is 8.39. The van der Waals surface area contributed by atoms with Crippen LogP contribution in [0.2, 0.25) is 0 Å². The molecule has 1 aromatic rings. The van der Waals surface area contributed by atoms with Gasteiger partial charge >= 0.3 is 0 Å². The van der Waals surface area contributed by atoms with Gasteiger partial charge in [-0.1, -0.05) is 30.3 Å². The molecule has 18 heavy (non-hydrogen) atoms. The summed E-state index contributed by atoms with van der Waals surface area (Å²) in [6.45, 7) is 3.23. The second-order valence-electron chi connectivity index (χ2n) is 4.38. The van der Waals surface area contributed by atoms with Crippen molar-refractivity contribution in [1.82, 2.24) is 10.6 Å². The first-order valence-corrected chi connectivity index (χ1v) is 5.76. The monoisotopic (exact) mass is 249 g/mol. The van der Waals surface area contributed by atoms with Gasteiger partial charge in [0.1, 0.15) is 11.6 Å². The van der Waals surface area contributed by atoms with E-state index in [2.05, 4.69) is 10.6 Å². The number of nitrogens with one attached hydrogen (secondary N) is 2. The van der Waals surface area contributed by atoms with E-state index in [1.807, 2.05) is 18.2 Å². The quantitative estimate of drug-likeness (QED) is 0.708. The molecule has 0 aliphatic carbocycles.